The fourth-order valence-electron chi connectivity index (χ4n) is 1.92. The second-order valence-electron chi connectivity index (χ2n) is 4.37. The van der Waals surface area contributed by atoms with Gasteiger partial charge in [-0.2, -0.15) is 0 Å². The molecule has 5 nitrogen and oxygen atoms in total. The first kappa shape index (κ1) is 14.6. The number of rotatable bonds is 6. The van der Waals surface area contributed by atoms with E-state index in [0.29, 0.717) is 10.8 Å². The number of benzene rings is 1. The number of hydrogen-bond acceptors (Lipinski definition) is 4. The third-order valence-electron chi connectivity index (χ3n) is 2.88. The Hall–Kier alpha value is -1.85. The highest BCUT2D eigenvalue weighted by Gasteiger charge is 2.20. The SMILES string of the molecule is CCCNC(c1ccc(Cl)cc1)c1ccc([N+](=O)[O-])o1. The van der Waals surface area contributed by atoms with E-state index in [4.69, 9.17) is 16.0 Å². The first-order valence-electron chi connectivity index (χ1n) is 6.34. The molecule has 0 aliphatic heterocycles. The second-order valence-corrected chi connectivity index (χ2v) is 4.81. The molecule has 20 heavy (non-hydrogen) atoms. The fraction of sp³-hybridized carbons (Fsp3) is 0.286. The minimum atomic E-state index is -0.539. The Labute approximate surface area is 121 Å². The number of nitrogens with one attached hydrogen (secondary N) is 1. The zero-order valence-corrected chi connectivity index (χ0v) is 11.8. The van der Waals surface area contributed by atoms with Gasteiger partial charge in [0.1, 0.15) is 10.7 Å². The van der Waals surface area contributed by atoms with E-state index in [1.165, 1.54) is 6.07 Å². The molecule has 2 rings (SSSR count). The van der Waals surface area contributed by atoms with Crippen LogP contribution in [0.25, 0.3) is 0 Å². The van der Waals surface area contributed by atoms with Gasteiger partial charge in [-0.05, 0) is 36.7 Å². The van der Waals surface area contributed by atoms with Crippen molar-refractivity contribution in [2.75, 3.05) is 6.54 Å². The highest BCUT2D eigenvalue weighted by Crippen LogP contribution is 2.27. The predicted octanol–water partition coefficient (Wildman–Crippen LogP) is 3.93. The maximum atomic E-state index is 10.7. The van der Waals surface area contributed by atoms with Gasteiger partial charge in [-0.1, -0.05) is 30.7 Å². The minimum Gasteiger partial charge on any atom is -0.404 e. The molecule has 0 fully saturated rings. The maximum absolute atomic E-state index is 10.7. The van der Waals surface area contributed by atoms with Crippen LogP contribution in [-0.2, 0) is 0 Å². The molecule has 0 saturated heterocycles. The summed E-state index contributed by atoms with van der Waals surface area (Å²) in [6, 6.07) is 10.1. The van der Waals surface area contributed by atoms with E-state index in [0.717, 1.165) is 18.5 Å². The number of nitrogens with zero attached hydrogens (tertiary/aromatic N) is 1. The number of nitro groups is 1. The molecule has 0 bridgehead atoms. The smallest absolute Gasteiger partial charge is 0.404 e. The molecule has 0 amide bonds. The van der Waals surface area contributed by atoms with Crippen molar-refractivity contribution in [1.82, 2.24) is 5.32 Å². The fourth-order valence-corrected chi connectivity index (χ4v) is 2.05. The van der Waals surface area contributed by atoms with Crippen LogP contribution in [0.5, 0.6) is 0 Å². The van der Waals surface area contributed by atoms with Gasteiger partial charge < -0.3 is 9.73 Å². The molecule has 1 unspecified atom stereocenters. The van der Waals surface area contributed by atoms with Crippen molar-refractivity contribution in [3.05, 3.63) is 62.9 Å². The average Bonchev–Trinajstić information content (AvgIpc) is 2.91. The molecule has 1 atom stereocenters. The van der Waals surface area contributed by atoms with Gasteiger partial charge in [0, 0.05) is 5.02 Å². The Kier molecular flexibility index (Phi) is 4.76. The Morgan fingerprint density at radius 1 is 1.30 bits per heavy atom. The lowest BCUT2D eigenvalue weighted by Crippen LogP contribution is -2.22. The van der Waals surface area contributed by atoms with E-state index in [1.807, 2.05) is 12.1 Å². The Bertz CT molecular complexity index is 580. The first-order chi connectivity index (χ1) is 9.61. The molecule has 106 valence electrons. The molecule has 1 N–H and O–H groups in total. The van der Waals surface area contributed by atoms with Crippen LogP contribution < -0.4 is 5.32 Å². The second kappa shape index (κ2) is 6.54. The summed E-state index contributed by atoms with van der Waals surface area (Å²) in [7, 11) is 0. The van der Waals surface area contributed by atoms with E-state index in [1.54, 1.807) is 18.2 Å². The predicted molar refractivity (Wildman–Crippen MR) is 77.0 cm³/mol. The van der Waals surface area contributed by atoms with E-state index in [2.05, 4.69) is 12.2 Å². The molecule has 0 spiro atoms. The summed E-state index contributed by atoms with van der Waals surface area (Å²) in [4.78, 5) is 10.2. The van der Waals surface area contributed by atoms with Gasteiger partial charge in [0.05, 0.1) is 12.1 Å². The quantitative estimate of drug-likeness (QED) is 0.647. The van der Waals surface area contributed by atoms with Crippen LogP contribution >= 0.6 is 11.6 Å². The van der Waals surface area contributed by atoms with Gasteiger partial charge in [0.15, 0.2) is 0 Å². The van der Waals surface area contributed by atoms with E-state index in [9.17, 15) is 10.1 Å². The standard InChI is InChI=1S/C14H15ClN2O3/c1-2-9-16-14(10-3-5-11(15)6-4-10)12-7-8-13(20-12)17(18)19/h3-8,14,16H,2,9H2,1H3. The zero-order chi connectivity index (χ0) is 14.5. The molecule has 6 heteroatoms. The molecule has 2 aromatic rings. The van der Waals surface area contributed by atoms with Gasteiger partial charge >= 0.3 is 5.88 Å². The van der Waals surface area contributed by atoms with Crippen molar-refractivity contribution in [2.24, 2.45) is 0 Å². The Morgan fingerprint density at radius 3 is 2.55 bits per heavy atom. The van der Waals surface area contributed by atoms with Crippen molar-refractivity contribution < 1.29 is 9.34 Å². The lowest BCUT2D eigenvalue weighted by atomic mass is 10.0. The van der Waals surface area contributed by atoms with Gasteiger partial charge in [-0.3, -0.25) is 10.1 Å². The largest absolute Gasteiger partial charge is 0.433 e. The van der Waals surface area contributed by atoms with Gasteiger partial charge in [-0.15, -0.1) is 0 Å². The molecule has 0 radical (unpaired) electrons. The highest BCUT2D eigenvalue weighted by atomic mass is 35.5. The summed E-state index contributed by atoms with van der Waals surface area (Å²) in [6.07, 6.45) is 0.951. The van der Waals surface area contributed by atoms with Crippen LogP contribution in [0, 0.1) is 10.1 Å². The van der Waals surface area contributed by atoms with Crippen molar-refractivity contribution in [3.63, 3.8) is 0 Å². The Balaban J connectivity index is 2.30. The molecule has 0 saturated carbocycles. The third kappa shape index (κ3) is 3.37. The van der Waals surface area contributed by atoms with Crippen LogP contribution in [0.2, 0.25) is 5.02 Å². The summed E-state index contributed by atoms with van der Waals surface area (Å²) in [5, 5.41) is 14.7. The van der Waals surface area contributed by atoms with Crippen LogP contribution in [-0.4, -0.2) is 11.5 Å². The summed E-state index contributed by atoms with van der Waals surface area (Å²) < 4.78 is 5.29. The van der Waals surface area contributed by atoms with Crippen LogP contribution in [0.3, 0.4) is 0 Å². The van der Waals surface area contributed by atoms with Gasteiger partial charge in [0.25, 0.3) is 0 Å². The molecule has 1 aromatic carbocycles. The van der Waals surface area contributed by atoms with Crippen LogP contribution in [0.15, 0.2) is 40.8 Å². The third-order valence-corrected chi connectivity index (χ3v) is 3.13. The van der Waals surface area contributed by atoms with Gasteiger partial charge in [0.2, 0.25) is 0 Å². The molecule has 1 heterocycles. The average molecular weight is 295 g/mol. The highest BCUT2D eigenvalue weighted by molar-refractivity contribution is 6.30. The molecular formula is C14H15ClN2O3. The van der Waals surface area contributed by atoms with Crippen LogP contribution in [0.4, 0.5) is 5.88 Å². The van der Waals surface area contributed by atoms with Crippen LogP contribution in [0.1, 0.15) is 30.7 Å². The van der Waals surface area contributed by atoms with E-state index >= 15 is 0 Å². The van der Waals surface area contributed by atoms with Crippen molar-refractivity contribution in [2.45, 2.75) is 19.4 Å². The zero-order valence-electron chi connectivity index (χ0n) is 11.0. The normalized spacial score (nSPS) is 12.3. The molecular weight excluding hydrogens is 280 g/mol. The first-order valence-corrected chi connectivity index (χ1v) is 6.72. The maximum Gasteiger partial charge on any atom is 0.433 e. The lowest BCUT2D eigenvalue weighted by molar-refractivity contribution is -0.402. The summed E-state index contributed by atoms with van der Waals surface area (Å²) in [6.45, 7) is 2.83. The van der Waals surface area contributed by atoms with E-state index < -0.39 is 4.92 Å². The van der Waals surface area contributed by atoms with Crippen molar-refractivity contribution in [1.29, 1.82) is 0 Å². The Morgan fingerprint density at radius 2 is 2.00 bits per heavy atom. The molecule has 0 aliphatic carbocycles. The topological polar surface area (TPSA) is 68.3 Å². The number of halogens is 1. The summed E-state index contributed by atoms with van der Waals surface area (Å²) in [5.74, 6) is 0.268. The van der Waals surface area contributed by atoms with Crippen molar-refractivity contribution in [3.8, 4) is 0 Å². The minimum absolute atomic E-state index is 0.221. The monoisotopic (exact) mass is 294 g/mol. The van der Waals surface area contributed by atoms with Crippen molar-refractivity contribution >= 4 is 17.5 Å². The summed E-state index contributed by atoms with van der Waals surface area (Å²) >= 11 is 5.88. The number of furan rings is 1. The molecule has 0 aliphatic rings. The lowest BCUT2D eigenvalue weighted by Gasteiger charge is -2.16. The summed E-state index contributed by atoms with van der Waals surface area (Å²) in [5.41, 5.74) is 0.951. The number of hydrogen-bond donors (Lipinski definition) is 1. The van der Waals surface area contributed by atoms with Gasteiger partial charge in [-0.25, -0.2) is 0 Å². The molecule has 1 aromatic heterocycles. The van der Waals surface area contributed by atoms with E-state index in [-0.39, 0.29) is 11.9 Å².